The Labute approximate surface area is 164 Å². The van der Waals surface area contributed by atoms with Crippen molar-refractivity contribution in [3.63, 3.8) is 0 Å². The van der Waals surface area contributed by atoms with Crippen LogP contribution in [0.3, 0.4) is 0 Å². The zero-order chi connectivity index (χ0) is 19.3. The summed E-state index contributed by atoms with van der Waals surface area (Å²) in [6, 6.07) is 7.54. The van der Waals surface area contributed by atoms with Crippen LogP contribution in [0.2, 0.25) is 10.2 Å². The second kappa shape index (κ2) is 9.21. The molecular weight excluding hydrogens is 371 g/mol. The van der Waals surface area contributed by atoms with Gasteiger partial charge in [0.15, 0.2) is 0 Å². The standard InChI is InChI=1S/C19H24Cl2N4O/c1-14-17(19(21)24(4)22-14)9-10-18(26)25(12-11-23(2)3)13-15-5-7-16(20)8-6-15/h5-10H,11-13H2,1-4H3/b10-9+. The van der Waals surface area contributed by atoms with Gasteiger partial charge in [-0.2, -0.15) is 5.10 Å². The minimum atomic E-state index is -0.0684. The van der Waals surface area contributed by atoms with Crippen LogP contribution < -0.4 is 0 Å². The molecule has 2 aromatic rings. The van der Waals surface area contributed by atoms with E-state index < -0.39 is 0 Å². The van der Waals surface area contributed by atoms with E-state index in [2.05, 4.69) is 5.10 Å². The fraction of sp³-hybridized carbons (Fsp3) is 0.368. The summed E-state index contributed by atoms with van der Waals surface area (Å²) in [5, 5.41) is 5.46. The highest BCUT2D eigenvalue weighted by Gasteiger charge is 2.13. The van der Waals surface area contributed by atoms with Crippen LogP contribution in [0.5, 0.6) is 0 Å². The van der Waals surface area contributed by atoms with Crippen molar-refractivity contribution >= 4 is 35.2 Å². The number of benzene rings is 1. The van der Waals surface area contributed by atoms with Crippen molar-refractivity contribution in [3.8, 4) is 0 Å². The molecule has 1 amide bonds. The highest BCUT2D eigenvalue weighted by molar-refractivity contribution is 6.31. The molecule has 2 rings (SSSR count). The van der Waals surface area contributed by atoms with Crippen LogP contribution in [-0.4, -0.2) is 52.7 Å². The highest BCUT2D eigenvalue weighted by atomic mass is 35.5. The van der Waals surface area contributed by atoms with Gasteiger partial charge in [0.1, 0.15) is 5.15 Å². The first-order valence-electron chi connectivity index (χ1n) is 8.33. The van der Waals surface area contributed by atoms with Crippen LogP contribution in [0.15, 0.2) is 30.3 Å². The molecule has 140 valence electrons. The van der Waals surface area contributed by atoms with Gasteiger partial charge in [0, 0.05) is 43.3 Å². The van der Waals surface area contributed by atoms with Crippen molar-refractivity contribution in [2.45, 2.75) is 13.5 Å². The number of rotatable bonds is 7. The molecule has 0 atom stereocenters. The third-order valence-corrected chi connectivity index (χ3v) is 4.70. The van der Waals surface area contributed by atoms with Gasteiger partial charge in [0.25, 0.3) is 0 Å². The quantitative estimate of drug-likeness (QED) is 0.673. The molecule has 0 N–H and O–H groups in total. The average molecular weight is 395 g/mol. The van der Waals surface area contributed by atoms with Crippen molar-refractivity contribution < 1.29 is 4.79 Å². The first kappa shape index (κ1) is 20.5. The Hall–Kier alpha value is -1.82. The maximum absolute atomic E-state index is 12.8. The van der Waals surface area contributed by atoms with E-state index in [1.165, 1.54) is 0 Å². The van der Waals surface area contributed by atoms with Gasteiger partial charge in [-0.15, -0.1) is 0 Å². The lowest BCUT2D eigenvalue weighted by Gasteiger charge is -2.23. The van der Waals surface area contributed by atoms with E-state index in [0.717, 1.165) is 23.4 Å². The zero-order valence-electron chi connectivity index (χ0n) is 15.5. The Balaban J connectivity index is 2.16. The molecule has 7 heteroatoms. The molecule has 0 aliphatic rings. The maximum Gasteiger partial charge on any atom is 0.246 e. The Morgan fingerprint density at radius 3 is 2.38 bits per heavy atom. The first-order chi connectivity index (χ1) is 12.3. The molecule has 0 unspecified atom stereocenters. The van der Waals surface area contributed by atoms with Gasteiger partial charge in [-0.05, 0) is 44.8 Å². The summed E-state index contributed by atoms with van der Waals surface area (Å²) >= 11 is 12.2. The normalized spacial score (nSPS) is 11.5. The Morgan fingerprint density at radius 1 is 1.19 bits per heavy atom. The number of aromatic nitrogens is 2. The summed E-state index contributed by atoms with van der Waals surface area (Å²) in [6.07, 6.45) is 3.29. The molecule has 0 spiro atoms. The topological polar surface area (TPSA) is 41.4 Å². The third-order valence-electron chi connectivity index (χ3n) is 4.00. The van der Waals surface area contributed by atoms with Gasteiger partial charge in [0.2, 0.25) is 5.91 Å². The number of hydrogen-bond donors (Lipinski definition) is 0. The molecule has 0 radical (unpaired) electrons. The maximum atomic E-state index is 12.8. The van der Waals surface area contributed by atoms with Gasteiger partial charge in [-0.25, -0.2) is 0 Å². The Morgan fingerprint density at radius 2 is 1.85 bits per heavy atom. The van der Waals surface area contributed by atoms with Gasteiger partial charge in [-0.1, -0.05) is 35.3 Å². The number of amides is 1. The molecule has 26 heavy (non-hydrogen) atoms. The first-order valence-corrected chi connectivity index (χ1v) is 9.08. The largest absolute Gasteiger partial charge is 0.334 e. The predicted molar refractivity (Wildman–Crippen MR) is 107 cm³/mol. The van der Waals surface area contributed by atoms with Crippen molar-refractivity contribution in [3.05, 3.63) is 57.3 Å². The molecule has 0 aliphatic heterocycles. The van der Waals surface area contributed by atoms with Crippen LogP contribution in [0.4, 0.5) is 0 Å². The van der Waals surface area contributed by atoms with Crippen LogP contribution >= 0.6 is 23.2 Å². The lowest BCUT2D eigenvalue weighted by Crippen LogP contribution is -2.35. The van der Waals surface area contributed by atoms with Gasteiger partial charge in [-0.3, -0.25) is 9.48 Å². The van der Waals surface area contributed by atoms with E-state index in [1.807, 2.05) is 50.2 Å². The molecule has 1 heterocycles. The average Bonchev–Trinajstić information content (AvgIpc) is 2.83. The lowest BCUT2D eigenvalue weighted by molar-refractivity contribution is -0.126. The summed E-state index contributed by atoms with van der Waals surface area (Å²) in [5.41, 5.74) is 2.59. The summed E-state index contributed by atoms with van der Waals surface area (Å²) in [4.78, 5) is 16.6. The van der Waals surface area contributed by atoms with Crippen LogP contribution in [-0.2, 0) is 18.4 Å². The van der Waals surface area contributed by atoms with E-state index in [0.29, 0.717) is 23.3 Å². The Kier molecular flexibility index (Phi) is 7.26. The van der Waals surface area contributed by atoms with Crippen LogP contribution in [0, 0.1) is 6.92 Å². The molecule has 1 aromatic carbocycles. The molecule has 5 nitrogen and oxygen atoms in total. The molecule has 0 bridgehead atoms. The Bertz CT molecular complexity index is 782. The number of nitrogens with zero attached hydrogens (tertiary/aromatic N) is 4. The predicted octanol–water partition coefficient (Wildman–Crippen LogP) is 3.64. The molecule has 0 saturated carbocycles. The molecule has 0 fully saturated rings. The molecular formula is C19H24Cl2N4O. The number of carbonyl (C=O) groups is 1. The third kappa shape index (κ3) is 5.59. The number of aryl methyl sites for hydroxylation is 2. The SMILES string of the molecule is Cc1nn(C)c(Cl)c1/C=C/C(=O)N(CCN(C)C)Cc1ccc(Cl)cc1. The summed E-state index contributed by atoms with van der Waals surface area (Å²) in [5.74, 6) is -0.0684. The van der Waals surface area contributed by atoms with E-state index in [4.69, 9.17) is 23.2 Å². The highest BCUT2D eigenvalue weighted by Crippen LogP contribution is 2.20. The van der Waals surface area contributed by atoms with Crippen LogP contribution in [0.1, 0.15) is 16.8 Å². The summed E-state index contributed by atoms with van der Waals surface area (Å²) in [7, 11) is 5.75. The fourth-order valence-electron chi connectivity index (χ4n) is 2.49. The van der Waals surface area contributed by atoms with Crippen molar-refractivity contribution in [1.82, 2.24) is 19.6 Å². The van der Waals surface area contributed by atoms with E-state index >= 15 is 0 Å². The van der Waals surface area contributed by atoms with Crippen LogP contribution in [0.25, 0.3) is 6.08 Å². The lowest BCUT2D eigenvalue weighted by atomic mass is 10.2. The molecule has 1 aromatic heterocycles. The summed E-state index contributed by atoms with van der Waals surface area (Å²) in [6.45, 7) is 3.79. The zero-order valence-corrected chi connectivity index (χ0v) is 17.1. The van der Waals surface area contributed by atoms with Crippen molar-refractivity contribution in [2.75, 3.05) is 27.2 Å². The number of likely N-dealkylation sites (N-methyl/N-ethyl adjacent to an activating group) is 1. The minimum absolute atomic E-state index is 0.0684. The minimum Gasteiger partial charge on any atom is -0.334 e. The second-order valence-electron chi connectivity index (χ2n) is 6.44. The molecule has 0 saturated heterocycles. The summed E-state index contributed by atoms with van der Waals surface area (Å²) < 4.78 is 1.60. The van der Waals surface area contributed by atoms with Crippen molar-refractivity contribution in [2.24, 2.45) is 7.05 Å². The van der Waals surface area contributed by atoms with Crippen molar-refractivity contribution in [1.29, 1.82) is 0 Å². The van der Waals surface area contributed by atoms with Gasteiger partial charge in [0.05, 0.1) is 5.69 Å². The van der Waals surface area contributed by atoms with E-state index in [1.54, 1.807) is 28.8 Å². The number of halogens is 2. The second-order valence-corrected chi connectivity index (χ2v) is 7.23. The number of hydrogen-bond acceptors (Lipinski definition) is 3. The smallest absolute Gasteiger partial charge is 0.246 e. The molecule has 0 aliphatic carbocycles. The van der Waals surface area contributed by atoms with E-state index in [9.17, 15) is 4.79 Å². The fourth-order valence-corrected chi connectivity index (χ4v) is 2.86. The van der Waals surface area contributed by atoms with Gasteiger partial charge < -0.3 is 9.80 Å². The van der Waals surface area contributed by atoms with E-state index in [-0.39, 0.29) is 5.91 Å². The van der Waals surface area contributed by atoms with Gasteiger partial charge >= 0.3 is 0 Å². The number of carbonyl (C=O) groups excluding carboxylic acids is 1. The monoisotopic (exact) mass is 394 g/mol.